The van der Waals surface area contributed by atoms with Crippen molar-refractivity contribution in [3.63, 3.8) is 0 Å². The molecule has 1 aromatic carbocycles. The molecule has 4 heterocycles. The number of hydrogen-bond donors (Lipinski definition) is 3. The molecule has 5 aromatic rings. The number of pyridine rings is 1. The van der Waals surface area contributed by atoms with E-state index in [9.17, 15) is 4.79 Å². The third-order valence-corrected chi connectivity index (χ3v) is 5.57. The van der Waals surface area contributed by atoms with Gasteiger partial charge in [-0.15, -0.1) is 0 Å². The minimum absolute atomic E-state index is 0.281. The van der Waals surface area contributed by atoms with Gasteiger partial charge in [0.15, 0.2) is 5.82 Å². The SMILES string of the molecule is Cn1nccc1C(=O)Nc1cncc(-c2nsc(Nc3ccc4[nH]ncc4c3Cl)n2)c1. The molecule has 12 heteroatoms. The summed E-state index contributed by atoms with van der Waals surface area (Å²) in [5.74, 6) is 0.203. The van der Waals surface area contributed by atoms with E-state index in [2.05, 4.69) is 40.3 Å². The first-order chi connectivity index (χ1) is 15.1. The summed E-state index contributed by atoms with van der Waals surface area (Å²) >= 11 is 7.65. The topological polar surface area (TPSA) is 126 Å². The number of aryl methyl sites for hydroxylation is 1. The summed E-state index contributed by atoms with van der Waals surface area (Å²) in [5, 5.41) is 18.8. The lowest BCUT2D eigenvalue weighted by Crippen LogP contribution is -2.16. The lowest BCUT2D eigenvalue weighted by Gasteiger charge is -2.06. The van der Waals surface area contributed by atoms with Gasteiger partial charge in [-0.2, -0.15) is 19.6 Å². The summed E-state index contributed by atoms with van der Waals surface area (Å²) in [7, 11) is 1.70. The van der Waals surface area contributed by atoms with Gasteiger partial charge in [0.25, 0.3) is 5.91 Å². The van der Waals surface area contributed by atoms with Crippen molar-refractivity contribution >= 4 is 56.4 Å². The fourth-order valence-electron chi connectivity index (χ4n) is 3.01. The summed E-state index contributed by atoms with van der Waals surface area (Å²) in [4.78, 5) is 21.1. The Bertz CT molecular complexity index is 1410. The molecule has 31 heavy (non-hydrogen) atoms. The van der Waals surface area contributed by atoms with Crippen LogP contribution >= 0.6 is 23.1 Å². The van der Waals surface area contributed by atoms with Gasteiger partial charge in [-0.05, 0) is 24.3 Å². The zero-order valence-electron chi connectivity index (χ0n) is 16.0. The van der Waals surface area contributed by atoms with Crippen molar-refractivity contribution in [1.82, 2.24) is 34.3 Å². The molecule has 0 aliphatic rings. The van der Waals surface area contributed by atoms with E-state index in [-0.39, 0.29) is 5.91 Å². The molecule has 0 fully saturated rings. The van der Waals surface area contributed by atoms with Crippen molar-refractivity contribution in [2.75, 3.05) is 10.6 Å². The van der Waals surface area contributed by atoms with Crippen LogP contribution in [0.25, 0.3) is 22.3 Å². The number of carbonyl (C=O) groups excluding carboxylic acids is 1. The number of nitrogens with one attached hydrogen (secondary N) is 3. The summed E-state index contributed by atoms with van der Waals surface area (Å²) in [5.41, 5.74) is 3.19. The molecular weight excluding hydrogens is 438 g/mol. The van der Waals surface area contributed by atoms with Gasteiger partial charge < -0.3 is 10.6 Å². The average Bonchev–Trinajstić information content (AvgIpc) is 3.51. The smallest absolute Gasteiger partial charge is 0.273 e. The highest BCUT2D eigenvalue weighted by atomic mass is 35.5. The maximum absolute atomic E-state index is 12.4. The molecule has 0 bridgehead atoms. The zero-order chi connectivity index (χ0) is 21.4. The number of amides is 1. The Morgan fingerprint density at radius 1 is 1.23 bits per heavy atom. The van der Waals surface area contributed by atoms with Crippen molar-refractivity contribution in [3.8, 4) is 11.4 Å². The maximum atomic E-state index is 12.4. The van der Waals surface area contributed by atoms with Crippen LogP contribution in [0, 0.1) is 0 Å². The number of carbonyl (C=O) groups is 1. The van der Waals surface area contributed by atoms with Crippen LogP contribution in [0.4, 0.5) is 16.5 Å². The first kappa shape index (κ1) is 19.2. The second-order valence-electron chi connectivity index (χ2n) is 6.56. The largest absolute Gasteiger partial charge is 0.329 e. The Morgan fingerprint density at radius 2 is 2.13 bits per heavy atom. The highest BCUT2D eigenvalue weighted by molar-refractivity contribution is 7.10. The highest BCUT2D eigenvalue weighted by Crippen LogP contribution is 2.33. The van der Waals surface area contributed by atoms with Crippen LogP contribution in [-0.2, 0) is 7.05 Å². The summed E-state index contributed by atoms with van der Waals surface area (Å²) in [6.45, 7) is 0. The molecule has 0 saturated heterocycles. The Morgan fingerprint density at radius 3 is 2.97 bits per heavy atom. The molecule has 0 saturated carbocycles. The molecule has 0 aliphatic carbocycles. The Balaban J connectivity index is 1.36. The lowest BCUT2D eigenvalue weighted by atomic mass is 10.2. The van der Waals surface area contributed by atoms with E-state index >= 15 is 0 Å². The van der Waals surface area contributed by atoms with Crippen LogP contribution in [0.2, 0.25) is 5.02 Å². The van der Waals surface area contributed by atoms with Gasteiger partial charge in [0.05, 0.1) is 34.3 Å². The molecule has 3 N–H and O–H groups in total. The maximum Gasteiger partial charge on any atom is 0.273 e. The number of benzene rings is 1. The summed E-state index contributed by atoms with van der Waals surface area (Å²) < 4.78 is 5.89. The van der Waals surface area contributed by atoms with E-state index in [0.717, 1.165) is 10.9 Å². The number of fused-ring (bicyclic) bond motifs is 1. The number of rotatable bonds is 5. The van der Waals surface area contributed by atoms with E-state index < -0.39 is 0 Å². The fourth-order valence-corrected chi connectivity index (χ4v) is 3.87. The average molecular weight is 452 g/mol. The van der Waals surface area contributed by atoms with Gasteiger partial charge in [-0.25, -0.2) is 0 Å². The number of anilines is 3. The molecule has 1 amide bonds. The van der Waals surface area contributed by atoms with Crippen LogP contribution in [0.15, 0.2) is 49.1 Å². The van der Waals surface area contributed by atoms with Crippen molar-refractivity contribution < 1.29 is 4.79 Å². The second-order valence-corrected chi connectivity index (χ2v) is 7.69. The molecule has 0 spiro atoms. The predicted molar refractivity (Wildman–Crippen MR) is 119 cm³/mol. The van der Waals surface area contributed by atoms with E-state index in [1.807, 2.05) is 12.1 Å². The van der Waals surface area contributed by atoms with Crippen molar-refractivity contribution in [3.05, 3.63) is 59.8 Å². The van der Waals surface area contributed by atoms with Crippen LogP contribution in [-0.4, -0.2) is 40.2 Å². The van der Waals surface area contributed by atoms with Gasteiger partial charge >= 0.3 is 0 Å². The molecule has 0 atom stereocenters. The van der Waals surface area contributed by atoms with Crippen molar-refractivity contribution in [2.24, 2.45) is 7.05 Å². The van der Waals surface area contributed by atoms with Gasteiger partial charge in [-0.1, -0.05) is 11.6 Å². The predicted octanol–water partition coefficient (Wildman–Crippen LogP) is 3.86. The number of hydrogen-bond acceptors (Lipinski definition) is 8. The number of aromatic amines is 1. The highest BCUT2D eigenvalue weighted by Gasteiger charge is 2.14. The fraction of sp³-hybridized carbons (Fsp3) is 0.0526. The van der Waals surface area contributed by atoms with Crippen LogP contribution < -0.4 is 10.6 Å². The lowest BCUT2D eigenvalue weighted by molar-refractivity contribution is 0.101. The minimum atomic E-state index is -0.281. The van der Waals surface area contributed by atoms with Crippen LogP contribution in [0.5, 0.6) is 0 Å². The van der Waals surface area contributed by atoms with Crippen LogP contribution in [0.1, 0.15) is 10.5 Å². The Labute approximate surface area is 184 Å². The summed E-state index contributed by atoms with van der Waals surface area (Å²) in [6, 6.07) is 7.13. The molecular formula is C19H14ClN9OS. The third-order valence-electron chi connectivity index (χ3n) is 4.53. The first-order valence-electron chi connectivity index (χ1n) is 9.05. The van der Waals surface area contributed by atoms with E-state index in [4.69, 9.17) is 11.6 Å². The number of nitrogens with zero attached hydrogens (tertiary/aromatic N) is 6. The number of H-pyrrole nitrogens is 1. The van der Waals surface area contributed by atoms with E-state index in [0.29, 0.717) is 38.6 Å². The van der Waals surface area contributed by atoms with Gasteiger partial charge in [0.1, 0.15) is 5.69 Å². The summed E-state index contributed by atoms with van der Waals surface area (Å²) in [6.07, 6.45) is 6.43. The second kappa shape index (κ2) is 7.78. The molecule has 154 valence electrons. The molecule has 10 nitrogen and oxygen atoms in total. The first-order valence-corrected chi connectivity index (χ1v) is 10.2. The van der Waals surface area contributed by atoms with E-state index in [1.54, 1.807) is 44.0 Å². The third kappa shape index (κ3) is 3.71. The van der Waals surface area contributed by atoms with Crippen molar-refractivity contribution in [2.45, 2.75) is 0 Å². The molecule has 5 rings (SSSR count). The molecule has 0 unspecified atom stereocenters. The van der Waals surface area contributed by atoms with Crippen LogP contribution in [0.3, 0.4) is 0 Å². The number of halogens is 1. The quantitative estimate of drug-likeness (QED) is 0.370. The monoisotopic (exact) mass is 451 g/mol. The standard InChI is InChI=1S/C19H14ClN9OS/c1-29-15(4-5-23-29)18(30)24-11-6-10(7-21-8-11)17-26-19(31-28-17)25-14-3-2-13-12(16(14)20)9-22-27-13/h2-9H,1H3,(H,22,27)(H,24,30)(H,25,26,28). The molecule has 0 radical (unpaired) electrons. The normalized spacial score (nSPS) is 11.0. The van der Waals surface area contributed by atoms with E-state index in [1.165, 1.54) is 16.2 Å². The van der Waals surface area contributed by atoms with Gasteiger partial charge in [0, 0.05) is 41.9 Å². The minimum Gasteiger partial charge on any atom is -0.329 e. The van der Waals surface area contributed by atoms with Gasteiger partial charge in [-0.3, -0.25) is 19.6 Å². The Hall–Kier alpha value is -3.83. The molecule has 4 aromatic heterocycles. The zero-order valence-corrected chi connectivity index (χ0v) is 17.6. The van der Waals surface area contributed by atoms with Crippen molar-refractivity contribution in [1.29, 1.82) is 0 Å². The number of aromatic nitrogens is 7. The van der Waals surface area contributed by atoms with Gasteiger partial charge in [0.2, 0.25) is 5.13 Å². The Kier molecular flexibility index (Phi) is 4.81. The molecule has 0 aliphatic heterocycles.